The van der Waals surface area contributed by atoms with Crippen molar-refractivity contribution in [3.63, 3.8) is 0 Å². The van der Waals surface area contributed by atoms with Crippen LogP contribution in [-0.2, 0) is 22.4 Å². The fourth-order valence-electron chi connectivity index (χ4n) is 7.61. The molecule has 2 aliphatic heterocycles. The maximum atomic E-state index is 14.4. The van der Waals surface area contributed by atoms with Gasteiger partial charge in [0.25, 0.3) is 0 Å². The number of aromatic nitrogens is 1. The summed E-state index contributed by atoms with van der Waals surface area (Å²) in [6, 6.07) is 16.6. The van der Waals surface area contributed by atoms with E-state index in [1.807, 2.05) is 42.6 Å². The second-order valence-electron chi connectivity index (χ2n) is 13.8. The smallest absolute Gasteiger partial charge is 0.403 e. The highest BCUT2D eigenvalue weighted by Gasteiger charge is 2.61. The number of halogens is 7. The van der Waals surface area contributed by atoms with Gasteiger partial charge >= 0.3 is 18.3 Å². The zero-order chi connectivity index (χ0) is 37.3. The number of fused-ring (bicyclic) bond motifs is 2. The largest absolute Gasteiger partial charge is 0.480 e. The van der Waals surface area contributed by atoms with Gasteiger partial charge in [-0.25, -0.2) is 9.18 Å². The molecule has 0 spiro atoms. The number of aliphatic carboxylic acids is 1. The third-order valence-corrected chi connectivity index (χ3v) is 10.4. The fraction of sp³-hybridized carbons (Fsp3) is 0.447. The van der Waals surface area contributed by atoms with E-state index in [0.717, 1.165) is 39.8 Å². The first-order valence-electron chi connectivity index (χ1n) is 17.3. The topological polar surface area (TPSA) is 85.8 Å². The summed E-state index contributed by atoms with van der Waals surface area (Å²) in [6.07, 6.45) is -8.85. The van der Waals surface area contributed by atoms with Gasteiger partial charge in [0.05, 0.1) is 12.2 Å². The number of rotatable bonds is 10. The van der Waals surface area contributed by atoms with Crippen LogP contribution in [0, 0.1) is 5.41 Å². The number of nitrogens with zero attached hydrogens (tertiary/aromatic N) is 3. The number of carbonyl (C=O) groups is 2. The molecule has 0 unspecified atom stereocenters. The van der Waals surface area contributed by atoms with Gasteiger partial charge in [-0.3, -0.25) is 14.7 Å². The number of piperidine rings is 2. The van der Waals surface area contributed by atoms with Crippen molar-refractivity contribution in [1.82, 2.24) is 20.1 Å². The number of pyridine rings is 1. The zero-order valence-corrected chi connectivity index (χ0v) is 28.2. The van der Waals surface area contributed by atoms with Crippen molar-refractivity contribution in [2.45, 2.75) is 63.1 Å². The molecule has 278 valence electrons. The normalized spacial score (nSPS) is 19.5. The summed E-state index contributed by atoms with van der Waals surface area (Å²) in [6.45, 7) is -0.691. The Kier molecular flexibility index (Phi) is 10.8. The minimum atomic E-state index is -5.12. The summed E-state index contributed by atoms with van der Waals surface area (Å²) in [5, 5.41) is 15.4. The lowest BCUT2D eigenvalue weighted by molar-refractivity contribution is -0.236. The molecule has 6 rings (SSSR count). The van der Waals surface area contributed by atoms with Crippen molar-refractivity contribution in [2.24, 2.45) is 5.41 Å². The highest BCUT2D eigenvalue weighted by atomic mass is 19.4. The van der Waals surface area contributed by atoms with E-state index < -0.39 is 74.3 Å². The Hall–Kier alpha value is -4.30. The quantitative estimate of drug-likeness (QED) is 0.166. The van der Waals surface area contributed by atoms with Crippen LogP contribution in [0.5, 0.6) is 0 Å². The van der Waals surface area contributed by atoms with Gasteiger partial charge < -0.3 is 15.3 Å². The molecule has 52 heavy (non-hydrogen) atoms. The van der Waals surface area contributed by atoms with Gasteiger partial charge in [-0.1, -0.05) is 60.7 Å². The van der Waals surface area contributed by atoms with Crippen molar-refractivity contribution in [3.05, 3.63) is 78.0 Å². The van der Waals surface area contributed by atoms with Gasteiger partial charge in [0, 0.05) is 36.7 Å². The Bertz CT molecular complexity index is 1920. The van der Waals surface area contributed by atoms with E-state index in [2.05, 4.69) is 10.2 Å². The standard InChI is InChI=1S/C38H39F7N4O3/c39-26-7-5-16-48(22-26)17-13-25-21-46-33(30-9-2-1-8-28(25)30)31-12-4-10-27-24(6-3-11-29(27)31)20-32(34(50)51)47-35(52)36(38(43,44)45)14-18-49(19-15-36)23-37(40,41)42/h1-4,6,8-12,21,26,32H,5,7,13-20,22-23H2,(H,47,52)(H,50,51)/t26-,32+/m1/s1. The van der Waals surface area contributed by atoms with E-state index in [1.54, 1.807) is 24.3 Å². The van der Waals surface area contributed by atoms with Crippen LogP contribution in [0.4, 0.5) is 30.7 Å². The zero-order valence-electron chi connectivity index (χ0n) is 28.2. The molecule has 1 aromatic heterocycles. The highest BCUT2D eigenvalue weighted by molar-refractivity contribution is 6.05. The molecule has 2 atom stereocenters. The van der Waals surface area contributed by atoms with Gasteiger partial charge in [-0.05, 0) is 79.0 Å². The van der Waals surface area contributed by atoms with Crippen LogP contribution in [-0.4, -0.2) is 95.6 Å². The number of nitrogens with one attached hydrogen (secondary N) is 1. The van der Waals surface area contributed by atoms with Crippen LogP contribution in [0.2, 0.25) is 0 Å². The second-order valence-corrected chi connectivity index (χ2v) is 13.8. The molecule has 2 saturated heterocycles. The van der Waals surface area contributed by atoms with Gasteiger partial charge in [0.2, 0.25) is 5.91 Å². The molecule has 0 bridgehead atoms. The second kappa shape index (κ2) is 15.0. The average Bonchev–Trinajstić information content (AvgIpc) is 3.09. The molecule has 2 aliphatic rings. The lowest BCUT2D eigenvalue weighted by Crippen LogP contribution is -2.59. The Morgan fingerprint density at radius 3 is 2.19 bits per heavy atom. The lowest BCUT2D eigenvalue weighted by Gasteiger charge is -2.42. The first kappa shape index (κ1) is 37.5. The van der Waals surface area contributed by atoms with Crippen LogP contribution < -0.4 is 5.32 Å². The number of carbonyl (C=O) groups excluding carboxylic acids is 1. The fourth-order valence-corrected chi connectivity index (χ4v) is 7.61. The number of alkyl halides is 7. The summed E-state index contributed by atoms with van der Waals surface area (Å²) in [7, 11) is 0. The summed E-state index contributed by atoms with van der Waals surface area (Å²) >= 11 is 0. The minimum Gasteiger partial charge on any atom is -0.480 e. The molecule has 2 fully saturated rings. The molecular formula is C38H39F7N4O3. The van der Waals surface area contributed by atoms with E-state index in [9.17, 15) is 45.4 Å². The van der Waals surface area contributed by atoms with Crippen LogP contribution in [0.15, 0.2) is 66.9 Å². The van der Waals surface area contributed by atoms with Crippen molar-refractivity contribution >= 4 is 33.4 Å². The Morgan fingerprint density at radius 2 is 1.52 bits per heavy atom. The van der Waals surface area contributed by atoms with Crippen molar-refractivity contribution in [2.75, 3.05) is 39.3 Å². The first-order chi connectivity index (χ1) is 24.6. The molecule has 0 radical (unpaired) electrons. The van der Waals surface area contributed by atoms with Crippen molar-refractivity contribution in [3.8, 4) is 11.3 Å². The molecule has 3 heterocycles. The Balaban J connectivity index is 1.26. The number of carboxylic acids is 1. The number of benzene rings is 3. The van der Waals surface area contributed by atoms with Gasteiger partial charge in [-0.2, -0.15) is 26.3 Å². The number of likely N-dealkylation sites (tertiary alicyclic amines) is 2. The SMILES string of the molecule is O=C(O)[C@H](Cc1cccc2c(-c3ncc(CCN4CCC[C@@H](F)C4)c4ccccc34)cccc12)NC(=O)C1(C(F)(F)F)CCN(CC(F)(F)F)CC1. The highest BCUT2D eigenvalue weighted by Crippen LogP contribution is 2.47. The molecule has 3 aromatic carbocycles. The van der Waals surface area contributed by atoms with E-state index in [-0.39, 0.29) is 6.42 Å². The molecule has 4 aromatic rings. The third kappa shape index (κ3) is 8.02. The van der Waals surface area contributed by atoms with Crippen LogP contribution in [0.1, 0.15) is 36.8 Å². The molecule has 2 N–H and O–H groups in total. The number of hydrogen-bond donors (Lipinski definition) is 2. The monoisotopic (exact) mass is 732 g/mol. The van der Waals surface area contributed by atoms with Crippen LogP contribution in [0.3, 0.4) is 0 Å². The average molecular weight is 733 g/mol. The van der Waals surface area contributed by atoms with E-state index in [1.165, 1.54) is 0 Å². The number of amides is 1. The summed E-state index contributed by atoms with van der Waals surface area (Å²) in [5.41, 5.74) is -0.130. The maximum absolute atomic E-state index is 14.4. The van der Waals surface area contributed by atoms with Gasteiger partial charge in [-0.15, -0.1) is 0 Å². The minimum absolute atomic E-state index is 0.348. The van der Waals surface area contributed by atoms with Crippen molar-refractivity contribution in [1.29, 1.82) is 0 Å². The van der Waals surface area contributed by atoms with Gasteiger partial charge in [0.15, 0.2) is 0 Å². The third-order valence-electron chi connectivity index (χ3n) is 10.4. The summed E-state index contributed by atoms with van der Waals surface area (Å²) < 4.78 is 95.9. The molecule has 1 amide bonds. The predicted octanol–water partition coefficient (Wildman–Crippen LogP) is 7.35. The predicted molar refractivity (Wildman–Crippen MR) is 182 cm³/mol. The number of hydrogen-bond acceptors (Lipinski definition) is 5. The summed E-state index contributed by atoms with van der Waals surface area (Å²) in [4.78, 5) is 33.5. The molecule has 7 nitrogen and oxygen atoms in total. The van der Waals surface area contributed by atoms with Gasteiger partial charge in [0.1, 0.15) is 17.6 Å². The lowest BCUT2D eigenvalue weighted by atomic mass is 9.76. The first-order valence-corrected chi connectivity index (χ1v) is 17.3. The van der Waals surface area contributed by atoms with E-state index in [0.29, 0.717) is 48.0 Å². The molecule has 0 aliphatic carbocycles. The van der Waals surface area contributed by atoms with Crippen LogP contribution in [0.25, 0.3) is 32.8 Å². The molecular weight excluding hydrogens is 693 g/mol. The Labute approximate surface area is 295 Å². The van der Waals surface area contributed by atoms with Crippen molar-refractivity contribution < 1.29 is 45.4 Å². The number of carboxylic acid groups (broad SMARTS) is 1. The maximum Gasteiger partial charge on any atom is 0.403 e. The van der Waals surface area contributed by atoms with E-state index >= 15 is 0 Å². The summed E-state index contributed by atoms with van der Waals surface area (Å²) in [5.74, 6) is -3.12. The van der Waals surface area contributed by atoms with Crippen LogP contribution >= 0.6 is 0 Å². The molecule has 0 saturated carbocycles. The van der Waals surface area contributed by atoms with E-state index in [4.69, 9.17) is 4.98 Å². The molecule has 14 heteroatoms. The Morgan fingerprint density at radius 1 is 0.865 bits per heavy atom.